The molecule has 2 rings (SSSR count). The van der Waals surface area contributed by atoms with Crippen LogP contribution in [0.5, 0.6) is 0 Å². The molecule has 5 nitrogen and oxygen atoms in total. The van der Waals surface area contributed by atoms with Gasteiger partial charge in [-0.25, -0.2) is 10.2 Å². The fourth-order valence-corrected chi connectivity index (χ4v) is 1.77. The lowest BCUT2D eigenvalue weighted by Crippen LogP contribution is -2.44. The minimum Gasteiger partial charge on any atom is -0.307 e. The van der Waals surface area contributed by atoms with Crippen molar-refractivity contribution in [3.8, 4) is 0 Å². The zero-order valence-corrected chi connectivity index (χ0v) is 9.69. The Morgan fingerprint density at radius 2 is 2.24 bits per heavy atom. The van der Waals surface area contributed by atoms with Crippen molar-refractivity contribution >= 4 is 17.6 Å². The lowest BCUT2D eigenvalue weighted by molar-refractivity contribution is -0.129. The van der Waals surface area contributed by atoms with Gasteiger partial charge in [0.1, 0.15) is 0 Å². The van der Waals surface area contributed by atoms with Crippen LogP contribution < -0.4 is 10.7 Å². The lowest BCUT2D eigenvalue weighted by atomic mass is 10.2. The summed E-state index contributed by atoms with van der Waals surface area (Å²) in [5.41, 5.74) is 4.32. The van der Waals surface area contributed by atoms with Gasteiger partial charge in [0.05, 0.1) is 0 Å². The maximum Gasteiger partial charge on any atom is 0.338 e. The number of carbonyl (C=O) groups is 2. The molecule has 17 heavy (non-hydrogen) atoms. The van der Waals surface area contributed by atoms with E-state index in [1.807, 2.05) is 25.1 Å². The third kappa shape index (κ3) is 2.96. The molecule has 0 spiro atoms. The van der Waals surface area contributed by atoms with E-state index in [0.717, 1.165) is 12.0 Å². The molecule has 1 saturated heterocycles. The van der Waals surface area contributed by atoms with Gasteiger partial charge in [0.15, 0.2) is 0 Å². The molecule has 0 aliphatic carbocycles. The minimum absolute atomic E-state index is 0.0376. The predicted octanol–water partition coefficient (Wildman–Crippen LogP) is 1.65. The third-order valence-corrected chi connectivity index (χ3v) is 2.59. The van der Waals surface area contributed by atoms with Gasteiger partial charge in [-0.15, -0.1) is 0 Å². The molecule has 1 aromatic rings. The van der Waals surface area contributed by atoms with E-state index in [4.69, 9.17) is 0 Å². The first-order valence-corrected chi connectivity index (χ1v) is 5.60. The number of nitrogens with zero attached hydrogens (tertiary/aromatic N) is 1. The monoisotopic (exact) mass is 233 g/mol. The quantitative estimate of drug-likeness (QED) is 0.816. The van der Waals surface area contributed by atoms with Crippen LogP contribution in [0.3, 0.4) is 0 Å². The van der Waals surface area contributed by atoms with Crippen LogP contribution in [0.2, 0.25) is 0 Å². The van der Waals surface area contributed by atoms with E-state index in [9.17, 15) is 9.59 Å². The molecule has 1 fully saturated rings. The number of carbonyl (C=O) groups excluding carboxylic acids is 2. The van der Waals surface area contributed by atoms with Crippen LogP contribution in [0.1, 0.15) is 18.4 Å². The number of rotatable bonds is 2. The number of anilines is 1. The van der Waals surface area contributed by atoms with Gasteiger partial charge >= 0.3 is 6.03 Å². The Labute approximate surface area is 99.8 Å². The SMILES string of the molecule is Cc1cccc(NC(=O)NN2CCCC2=O)c1. The molecule has 0 radical (unpaired) electrons. The summed E-state index contributed by atoms with van der Waals surface area (Å²) in [6, 6.07) is 7.11. The van der Waals surface area contributed by atoms with Gasteiger partial charge in [0, 0.05) is 18.7 Å². The molecule has 90 valence electrons. The fraction of sp³-hybridized carbons (Fsp3) is 0.333. The van der Waals surface area contributed by atoms with Gasteiger partial charge in [-0.05, 0) is 31.0 Å². The van der Waals surface area contributed by atoms with Gasteiger partial charge in [-0.2, -0.15) is 0 Å². The summed E-state index contributed by atoms with van der Waals surface area (Å²) in [7, 11) is 0. The minimum atomic E-state index is -0.383. The molecule has 3 amide bonds. The molecule has 0 aromatic heterocycles. The molecule has 0 atom stereocenters. The highest BCUT2D eigenvalue weighted by Gasteiger charge is 2.21. The van der Waals surface area contributed by atoms with Crippen molar-refractivity contribution in [3.05, 3.63) is 29.8 Å². The summed E-state index contributed by atoms with van der Waals surface area (Å²) in [5.74, 6) is -0.0376. The zero-order valence-electron chi connectivity index (χ0n) is 9.69. The molecule has 1 aromatic carbocycles. The Bertz CT molecular complexity index is 445. The summed E-state index contributed by atoms with van der Waals surface area (Å²) in [6.45, 7) is 2.53. The maximum atomic E-state index is 11.6. The van der Waals surface area contributed by atoms with E-state index < -0.39 is 0 Å². The van der Waals surface area contributed by atoms with Crippen molar-refractivity contribution < 1.29 is 9.59 Å². The van der Waals surface area contributed by atoms with Gasteiger partial charge in [0.25, 0.3) is 0 Å². The second-order valence-corrected chi connectivity index (χ2v) is 4.08. The van der Waals surface area contributed by atoms with E-state index in [1.165, 1.54) is 5.01 Å². The van der Waals surface area contributed by atoms with Crippen LogP contribution in [-0.2, 0) is 4.79 Å². The summed E-state index contributed by atoms with van der Waals surface area (Å²) < 4.78 is 0. The second-order valence-electron chi connectivity index (χ2n) is 4.08. The number of benzene rings is 1. The van der Waals surface area contributed by atoms with E-state index in [1.54, 1.807) is 6.07 Å². The topological polar surface area (TPSA) is 61.4 Å². The molecule has 1 aliphatic heterocycles. The van der Waals surface area contributed by atoms with Crippen molar-refractivity contribution in [2.75, 3.05) is 11.9 Å². The number of aryl methyl sites for hydroxylation is 1. The van der Waals surface area contributed by atoms with Crippen molar-refractivity contribution in [3.63, 3.8) is 0 Å². The number of nitrogens with one attached hydrogen (secondary N) is 2. The van der Waals surface area contributed by atoms with Gasteiger partial charge in [0.2, 0.25) is 5.91 Å². The highest BCUT2D eigenvalue weighted by Crippen LogP contribution is 2.10. The van der Waals surface area contributed by atoms with Crippen LogP contribution in [0, 0.1) is 6.92 Å². The summed E-state index contributed by atoms with van der Waals surface area (Å²) >= 11 is 0. The third-order valence-electron chi connectivity index (χ3n) is 2.59. The molecular formula is C12H15N3O2. The first-order chi connectivity index (χ1) is 8.15. The maximum absolute atomic E-state index is 11.6. The van der Waals surface area contributed by atoms with Gasteiger partial charge in [-0.3, -0.25) is 9.80 Å². The number of hydrogen-bond acceptors (Lipinski definition) is 2. The van der Waals surface area contributed by atoms with Crippen LogP contribution >= 0.6 is 0 Å². The normalized spacial score (nSPS) is 14.9. The second kappa shape index (κ2) is 4.86. The zero-order chi connectivity index (χ0) is 12.3. The van der Waals surface area contributed by atoms with Crippen molar-refractivity contribution in [2.45, 2.75) is 19.8 Å². The Morgan fingerprint density at radius 1 is 1.41 bits per heavy atom. The number of hydrazine groups is 1. The summed E-state index contributed by atoms with van der Waals surface area (Å²) in [4.78, 5) is 22.9. The molecule has 0 bridgehead atoms. The van der Waals surface area contributed by atoms with Crippen molar-refractivity contribution in [1.82, 2.24) is 10.4 Å². The molecular weight excluding hydrogens is 218 g/mol. The Morgan fingerprint density at radius 3 is 2.88 bits per heavy atom. The first kappa shape index (κ1) is 11.4. The van der Waals surface area contributed by atoms with Crippen molar-refractivity contribution in [2.24, 2.45) is 0 Å². The molecule has 0 unspecified atom stereocenters. The Hall–Kier alpha value is -2.04. The molecule has 1 heterocycles. The number of urea groups is 1. The highest BCUT2D eigenvalue weighted by molar-refractivity contribution is 5.91. The van der Waals surface area contributed by atoms with E-state index >= 15 is 0 Å². The van der Waals surface area contributed by atoms with Crippen LogP contribution in [0.25, 0.3) is 0 Å². The van der Waals surface area contributed by atoms with Crippen LogP contribution in [0.15, 0.2) is 24.3 Å². The van der Waals surface area contributed by atoms with Gasteiger partial charge < -0.3 is 5.32 Å². The standard InChI is InChI=1S/C12H15N3O2/c1-9-4-2-5-10(8-9)13-12(17)14-15-7-3-6-11(15)16/h2,4-5,8H,3,6-7H2,1H3,(H2,13,14,17). The van der Waals surface area contributed by atoms with Crippen LogP contribution in [0.4, 0.5) is 10.5 Å². The average molecular weight is 233 g/mol. The molecule has 0 saturated carbocycles. The number of amides is 3. The Kier molecular flexibility index (Phi) is 3.27. The molecule has 5 heteroatoms. The lowest BCUT2D eigenvalue weighted by Gasteiger charge is -2.17. The van der Waals surface area contributed by atoms with E-state index in [-0.39, 0.29) is 11.9 Å². The molecule has 1 aliphatic rings. The van der Waals surface area contributed by atoms with Gasteiger partial charge in [-0.1, -0.05) is 12.1 Å². The number of hydrogen-bond donors (Lipinski definition) is 2. The fourth-order valence-electron chi connectivity index (χ4n) is 1.77. The largest absolute Gasteiger partial charge is 0.338 e. The molecule has 2 N–H and O–H groups in total. The van der Waals surface area contributed by atoms with E-state index in [0.29, 0.717) is 18.7 Å². The smallest absolute Gasteiger partial charge is 0.307 e. The van der Waals surface area contributed by atoms with Crippen molar-refractivity contribution in [1.29, 1.82) is 0 Å². The average Bonchev–Trinajstić information content (AvgIpc) is 2.64. The van der Waals surface area contributed by atoms with Crippen LogP contribution in [-0.4, -0.2) is 23.5 Å². The summed E-state index contributed by atoms with van der Waals surface area (Å²) in [6.07, 6.45) is 1.30. The van der Waals surface area contributed by atoms with E-state index in [2.05, 4.69) is 10.7 Å². The Balaban J connectivity index is 1.91. The first-order valence-electron chi connectivity index (χ1n) is 5.60. The highest BCUT2D eigenvalue weighted by atomic mass is 16.2. The predicted molar refractivity (Wildman–Crippen MR) is 64.3 cm³/mol. The summed E-state index contributed by atoms with van der Waals surface area (Å²) in [5, 5.41) is 4.04.